The van der Waals surface area contributed by atoms with Gasteiger partial charge in [-0.2, -0.15) is 0 Å². The normalized spacial score (nSPS) is 17.0. The first-order valence-corrected chi connectivity index (χ1v) is 8.12. The molecule has 0 aliphatic carbocycles. The number of nitro groups is 1. The van der Waals surface area contributed by atoms with Gasteiger partial charge in [0.05, 0.1) is 16.3 Å². The first-order valence-electron chi connectivity index (χ1n) is 8.12. The van der Waals surface area contributed by atoms with E-state index in [1.54, 1.807) is 24.0 Å². The number of nitrogens with one attached hydrogen (secondary N) is 1. The molecule has 1 atom stereocenters. The van der Waals surface area contributed by atoms with Crippen LogP contribution in [0.3, 0.4) is 0 Å². The van der Waals surface area contributed by atoms with Gasteiger partial charge in [-0.25, -0.2) is 4.68 Å². The molecule has 1 aromatic carbocycles. The number of aromatic nitrogens is 3. The highest BCUT2D eigenvalue weighted by atomic mass is 16.6. The van der Waals surface area contributed by atoms with Crippen molar-refractivity contribution in [2.75, 3.05) is 26.7 Å². The van der Waals surface area contributed by atoms with Crippen molar-refractivity contribution in [1.29, 1.82) is 0 Å². The molecule has 0 spiro atoms. The highest BCUT2D eigenvalue weighted by molar-refractivity contribution is 5.93. The van der Waals surface area contributed by atoms with Crippen molar-refractivity contribution in [3.05, 3.63) is 45.8 Å². The SMILES string of the molecule is CNCC1CCN(C(=O)c2nnn(-c3cccc([N+](=O)[O-])c3)c2C)C1. The summed E-state index contributed by atoms with van der Waals surface area (Å²) in [5.74, 6) is 0.300. The molecule has 132 valence electrons. The molecule has 9 heteroatoms. The molecule has 9 nitrogen and oxygen atoms in total. The lowest BCUT2D eigenvalue weighted by Gasteiger charge is -2.15. The Kier molecular flexibility index (Phi) is 4.75. The van der Waals surface area contributed by atoms with Gasteiger partial charge in [0, 0.05) is 25.2 Å². The van der Waals surface area contributed by atoms with Crippen LogP contribution in [0.2, 0.25) is 0 Å². The zero-order chi connectivity index (χ0) is 18.0. The van der Waals surface area contributed by atoms with Crippen LogP contribution >= 0.6 is 0 Å². The lowest BCUT2D eigenvalue weighted by Crippen LogP contribution is -2.31. The van der Waals surface area contributed by atoms with Crippen molar-refractivity contribution in [2.45, 2.75) is 13.3 Å². The summed E-state index contributed by atoms with van der Waals surface area (Å²) in [6, 6.07) is 6.10. The average molecular weight is 344 g/mol. The third-order valence-electron chi connectivity index (χ3n) is 4.45. The summed E-state index contributed by atoms with van der Waals surface area (Å²) >= 11 is 0. The maximum Gasteiger partial charge on any atom is 0.276 e. The van der Waals surface area contributed by atoms with Crippen LogP contribution in [0.4, 0.5) is 5.69 Å². The minimum absolute atomic E-state index is 0.0327. The summed E-state index contributed by atoms with van der Waals surface area (Å²) in [5, 5.41) is 22.1. The van der Waals surface area contributed by atoms with Gasteiger partial charge < -0.3 is 10.2 Å². The van der Waals surface area contributed by atoms with Crippen molar-refractivity contribution in [2.24, 2.45) is 5.92 Å². The lowest BCUT2D eigenvalue weighted by molar-refractivity contribution is -0.384. The van der Waals surface area contributed by atoms with Crippen LogP contribution in [0.1, 0.15) is 22.6 Å². The molecule has 1 saturated heterocycles. The summed E-state index contributed by atoms with van der Waals surface area (Å²) in [6.07, 6.45) is 0.963. The first-order chi connectivity index (χ1) is 12.0. The zero-order valence-electron chi connectivity index (χ0n) is 14.2. The molecule has 2 aromatic rings. The number of nitro benzene ring substituents is 1. The molecule has 1 unspecified atom stereocenters. The molecule has 1 aliphatic rings. The van der Waals surface area contributed by atoms with Gasteiger partial charge in [-0.15, -0.1) is 5.10 Å². The van der Waals surface area contributed by atoms with Gasteiger partial charge in [-0.3, -0.25) is 14.9 Å². The largest absolute Gasteiger partial charge is 0.337 e. The smallest absolute Gasteiger partial charge is 0.276 e. The van der Waals surface area contributed by atoms with E-state index in [0.29, 0.717) is 30.4 Å². The van der Waals surface area contributed by atoms with Crippen molar-refractivity contribution >= 4 is 11.6 Å². The number of carbonyl (C=O) groups excluding carboxylic acids is 1. The van der Waals surface area contributed by atoms with E-state index in [-0.39, 0.29) is 17.3 Å². The Morgan fingerprint density at radius 2 is 2.28 bits per heavy atom. The third kappa shape index (κ3) is 3.36. The lowest BCUT2D eigenvalue weighted by atomic mass is 10.1. The Hall–Kier alpha value is -2.81. The summed E-state index contributed by atoms with van der Waals surface area (Å²) < 4.78 is 1.46. The maximum atomic E-state index is 12.7. The van der Waals surface area contributed by atoms with Crippen molar-refractivity contribution in [1.82, 2.24) is 25.2 Å². The van der Waals surface area contributed by atoms with Crippen LogP contribution in [0.25, 0.3) is 5.69 Å². The highest BCUT2D eigenvalue weighted by Crippen LogP contribution is 2.21. The van der Waals surface area contributed by atoms with Crippen molar-refractivity contribution < 1.29 is 9.72 Å². The Balaban J connectivity index is 1.83. The Labute approximate surface area is 144 Å². The van der Waals surface area contributed by atoms with Gasteiger partial charge in [-0.05, 0) is 38.9 Å². The van der Waals surface area contributed by atoms with E-state index < -0.39 is 4.92 Å². The topological polar surface area (TPSA) is 106 Å². The molecule has 2 heterocycles. The van der Waals surface area contributed by atoms with Gasteiger partial charge in [0.1, 0.15) is 0 Å². The summed E-state index contributed by atoms with van der Waals surface area (Å²) in [6.45, 7) is 4.02. The number of hydrogen-bond donors (Lipinski definition) is 1. The molecule has 0 saturated carbocycles. The fourth-order valence-electron chi connectivity index (χ4n) is 3.13. The third-order valence-corrected chi connectivity index (χ3v) is 4.45. The number of likely N-dealkylation sites (tertiary alicyclic amines) is 1. The molecule has 1 aromatic heterocycles. The molecule has 1 aliphatic heterocycles. The van der Waals surface area contributed by atoms with E-state index in [0.717, 1.165) is 13.0 Å². The molecule has 25 heavy (non-hydrogen) atoms. The predicted molar refractivity (Wildman–Crippen MR) is 90.7 cm³/mol. The monoisotopic (exact) mass is 344 g/mol. The molecule has 1 amide bonds. The van der Waals surface area contributed by atoms with Crippen LogP contribution in [0, 0.1) is 23.0 Å². The summed E-state index contributed by atoms with van der Waals surface area (Å²) in [5.41, 5.74) is 1.33. The number of nitrogens with zero attached hydrogens (tertiary/aromatic N) is 5. The standard InChI is InChI=1S/C16H20N6O3/c1-11-15(16(23)20-7-6-12(10-20)9-17-2)18-19-21(11)13-4-3-5-14(8-13)22(24)25/h3-5,8,12,17H,6-7,9-10H2,1-2H3. The quantitative estimate of drug-likeness (QED) is 0.644. The van der Waals surface area contributed by atoms with Gasteiger partial charge >= 0.3 is 0 Å². The summed E-state index contributed by atoms with van der Waals surface area (Å²) in [4.78, 5) is 25.0. The van der Waals surface area contributed by atoms with Gasteiger partial charge in [-0.1, -0.05) is 11.3 Å². The van der Waals surface area contributed by atoms with E-state index in [1.165, 1.54) is 16.8 Å². The molecular weight excluding hydrogens is 324 g/mol. The van der Waals surface area contributed by atoms with Crippen LogP contribution in [0.5, 0.6) is 0 Å². The Morgan fingerprint density at radius 1 is 1.48 bits per heavy atom. The van der Waals surface area contributed by atoms with E-state index >= 15 is 0 Å². The van der Waals surface area contributed by atoms with Crippen molar-refractivity contribution in [3.63, 3.8) is 0 Å². The molecule has 0 bridgehead atoms. The number of benzene rings is 1. The fraction of sp³-hybridized carbons (Fsp3) is 0.438. The van der Waals surface area contributed by atoms with E-state index in [4.69, 9.17) is 0 Å². The van der Waals surface area contributed by atoms with E-state index in [2.05, 4.69) is 15.6 Å². The predicted octanol–water partition coefficient (Wildman–Crippen LogP) is 1.17. The maximum absolute atomic E-state index is 12.7. The number of rotatable bonds is 5. The number of non-ortho nitro benzene ring substituents is 1. The second-order valence-corrected chi connectivity index (χ2v) is 6.18. The fourth-order valence-corrected chi connectivity index (χ4v) is 3.13. The van der Waals surface area contributed by atoms with E-state index in [9.17, 15) is 14.9 Å². The molecule has 1 fully saturated rings. The number of carbonyl (C=O) groups is 1. The Morgan fingerprint density at radius 3 is 3.00 bits per heavy atom. The Bertz CT molecular complexity index is 803. The minimum atomic E-state index is -0.464. The van der Waals surface area contributed by atoms with Gasteiger partial charge in [0.2, 0.25) is 0 Å². The number of amides is 1. The second-order valence-electron chi connectivity index (χ2n) is 6.18. The van der Waals surface area contributed by atoms with Crippen LogP contribution in [-0.2, 0) is 0 Å². The van der Waals surface area contributed by atoms with Crippen molar-refractivity contribution in [3.8, 4) is 5.69 Å². The average Bonchev–Trinajstić information content (AvgIpc) is 3.21. The highest BCUT2D eigenvalue weighted by Gasteiger charge is 2.29. The number of hydrogen-bond acceptors (Lipinski definition) is 6. The van der Waals surface area contributed by atoms with Crippen LogP contribution < -0.4 is 5.32 Å². The van der Waals surface area contributed by atoms with E-state index in [1.807, 2.05) is 7.05 Å². The second kappa shape index (κ2) is 6.98. The molecule has 0 radical (unpaired) electrons. The molecule has 3 rings (SSSR count). The molecule has 1 N–H and O–H groups in total. The van der Waals surface area contributed by atoms with Crippen LogP contribution in [0.15, 0.2) is 24.3 Å². The van der Waals surface area contributed by atoms with Gasteiger partial charge in [0.15, 0.2) is 5.69 Å². The first kappa shape index (κ1) is 17.0. The zero-order valence-corrected chi connectivity index (χ0v) is 14.2. The van der Waals surface area contributed by atoms with Gasteiger partial charge in [0.25, 0.3) is 11.6 Å². The van der Waals surface area contributed by atoms with Crippen LogP contribution in [-0.4, -0.2) is 57.4 Å². The molecular formula is C16H20N6O3. The minimum Gasteiger partial charge on any atom is -0.337 e. The summed E-state index contributed by atoms with van der Waals surface area (Å²) in [7, 11) is 1.90.